The third-order valence-corrected chi connectivity index (χ3v) is 2.61. The van der Waals surface area contributed by atoms with Crippen LogP contribution in [0.1, 0.15) is 6.92 Å². The lowest BCUT2D eigenvalue weighted by Gasteiger charge is -2.32. The van der Waals surface area contributed by atoms with Gasteiger partial charge in [-0.05, 0) is 13.0 Å². The van der Waals surface area contributed by atoms with E-state index in [2.05, 4.69) is 22.1 Å². The van der Waals surface area contributed by atoms with Crippen molar-refractivity contribution >= 4 is 5.82 Å². The Hall–Kier alpha value is -1.29. The van der Waals surface area contributed by atoms with E-state index in [-0.39, 0.29) is 0 Å². The van der Waals surface area contributed by atoms with E-state index in [9.17, 15) is 0 Å². The van der Waals surface area contributed by atoms with Crippen LogP contribution in [0.25, 0.3) is 0 Å². The van der Waals surface area contributed by atoms with Gasteiger partial charge in [0.1, 0.15) is 5.82 Å². The van der Waals surface area contributed by atoms with Gasteiger partial charge < -0.3 is 15.0 Å². The number of hydrogen-bond donors (Lipinski definition) is 1. The summed E-state index contributed by atoms with van der Waals surface area (Å²) in [7, 11) is 1.65. The average Bonchev–Trinajstić information content (AvgIpc) is 2.29. The van der Waals surface area contributed by atoms with Crippen LogP contribution in [0.3, 0.4) is 0 Å². The Labute approximate surface area is 90.3 Å². The van der Waals surface area contributed by atoms with Crippen molar-refractivity contribution in [1.82, 2.24) is 10.3 Å². The van der Waals surface area contributed by atoms with E-state index in [1.165, 1.54) is 0 Å². The van der Waals surface area contributed by atoms with Crippen LogP contribution in [0.15, 0.2) is 18.2 Å². The third kappa shape index (κ3) is 2.39. The summed E-state index contributed by atoms with van der Waals surface area (Å²) in [5, 5.41) is 3.41. The fraction of sp³-hybridized carbons (Fsp3) is 0.545. The topological polar surface area (TPSA) is 37.4 Å². The highest BCUT2D eigenvalue weighted by molar-refractivity contribution is 5.41. The highest BCUT2D eigenvalue weighted by Gasteiger charge is 2.16. The Kier molecular flexibility index (Phi) is 3.06. The van der Waals surface area contributed by atoms with Crippen LogP contribution < -0.4 is 15.0 Å². The normalized spacial score (nSPS) is 21.5. The molecule has 0 aliphatic carbocycles. The Morgan fingerprint density at radius 1 is 1.53 bits per heavy atom. The zero-order valence-corrected chi connectivity index (χ0v) is 9.23. The van der Waals surface area contributed by atoms with Crippen molar-refractivity contribution in [1.29, 1.82) is 0 Å². The number of aromatic nitrogens is 1. The molecule has 0 saturated carbocycles. The number of hydrogen-bond acceptors (Lipinski definition) is 4. The van der Waals surface area contributed by atoms with Crippen molar-refractivity contribution in [3.63, 3.8) is 0 Å². The zero-order chi connectivity index (χ0) is 10.7. The maximum Gasteiger partial charge on any atom is 0.214 e. The maximum absolute atomic E-state index is 5.12. The molecule has 4 heteroatoms. The molecule has 4 nitrogen and oxygen atoms in total. The molecule has 0 aromatic carbocycles. The number of piperazine rings is 1. The van der Waals surface area contributed by atoms with Gasteiger partial charge in [0.05, 0.1) is 7.11 Å². The highest BCUT2D eigenvalue weighted by Crippen LogP contribution is 2.16. The molecule has 1 aromatic rings. The molecule has 1 fully saturated rings. The van der Waals surface area contributed by atoms with Crippen molar-refractivity contribution in [3.8, 4) is 5.88 Å². The molecule has 82 valence electrons. The van der Waals surface area contributed by atoms with Gasteiger partial charge in [0.2, 0.25) is 5.88 Å². The lowest BCUT2D eigenvalue weighted by Crippen LogP contribution is -2.49. The van der Waals surface area contributed by atoms with E-state index in [0.29, 0.717) is 11.9 Å². The molecular weight excluding hydrogens is 190 g/mol. The Morgan fingerprint density at radius 3 is 3.13 bits per heavy atom. The SMILES string of the molecule is COc1cccc(N2CCN[C@H](C)C2)n1. The first kappa shape index (κ1) is 10.2. The minimum atomic E-state index is 0.520. The van der Waals surface area contributed by atoms with Crippen LogP contribution in [0.2, 0.25) is 0 Å². The predicted molar refractivity (Wildman–Crippen MR) is 60.5 cm³/mol. The molecule has 0 bridgehead atoms. The molecule has 1 N–H and O–H groups in total. The first-order chi connectivity index (χ1) is 7.29. The van der Waals surface area contributed by atoms with Gasteiger partial charge in [0, 0.05) is 31.7 Å². The van der Waals surface area contributed by atoms with Gasteiger partial charge in [0.25, 0.3) is 0 Å². The van der Waals surface area contributed by atoms with E-state index < -0.39 is 0 Å². The fourth-order valence-corrected chi connectivity index (χ4v) is 1.83. The maximum atomic E-state index is 5.12. The molecule has 0 unspecified atom stereocenters. The molecule has 0 spiro atoms. The van der Waals surface area contributed by atoms with Gasteiger partial charge >= 0.3 is 0 Å². The smallest absolute Gasteiger partial charge is 0.214 e. The van der Waals surface area contributed by atoms with E-state index in [1.807, 2.05) is 18.2 Å². The van der Waals surface area contributed by atoms with Gasteiger partial charge in [-0.1, -0.05) is 6.07 Å². The summed E-state index contributed by atoms with van der Waals surface area (Å²) in [6, 6.07) is 6.40. The second kappa shape index (κ2) is 4.49. The summed E-state index contributed by atoms with van der Waals surface area (Å²) in [6.07, 6.45) is 0. The second-order valence-corrected chi connectivity index (χ2v) is 3.84. The van der Waals surface area contributed by atoms with Crippen LogP contribution in [0, 0.1) is 0 Å². The number of rotatable bonds is 2. The molecule has 0 amide bonds. The van der Waals surface area contributed by atoms with Crippen LogP contribution in [-0.2, 0) is 0 Å². The molecule has 2 rings (SSSR count). The number of nitrogens with zero attached hydrogens (tertiary/aromatic N) is 2. The lowest BCUT2D eigenvalue weighted by molar-refractivity contribution is 0.396. The van der Waals surface area contributed by atoms with Crippen molar-refractivity contribution in [2.75, 3.05) is 31.6 Å². The quantitative estimate of drug-likeness (QED) is 0.781. The monoisotopic (exact) mass is 207 g/mol. The number of methoxy groups -OCH3 is 1. The lowest BCUT2D eigenvalue weighted by atomic mass is 10.2. The number of nitrogens with one attached hydrogen (secondary N) is 1. The third-order valence-electron chi connectivity index (χ3n) is 2.61. The van der Waals surface area contributed by atoms with Gasteiger partial charge in [-0.2, -0.15) is 4.98 Å². The highest BCUT2D eigenvalue weighted by atomic mass is 16.5. The van der Waals surface area contributed by atoms with Gasteiger partial charge in [-0.25, -0.2) is 0 Å². The minimum Gasteiger partial charge on any atom is -0.481 e. The Bertz CT molecular complexity index is 329. The summed E-state index contributed by atoms with van der Waals surface area (Å²) in [5.74, 6) is 1.68. The average molecular weight is 207 g/mol. The van der Waals surface area contributed by atoms with E-state index in [1.54, 1.807) is 7.11 Å². The van der Waals surface area contributed by atoms with Gasteiger partial charge in [-0.15, -0.1) is 0 Å². The molecule has 1 aromatic heterocycles. The van der Waals surface area contributed by atoms with Crippen molar-refractivity contribution in [2.45, 2.75) is 13.0 Å². The zero-order valence-electron chi connectivity index (χ0n) is 9.23. The molecule has 0 radical (unpaired) electrons. The molecular formula is C11H17N3O. The summed E-state index contributed by atoms with van der Waals surface area (Å²) in [5.41, 5.74) is 0. The van der Waals surface area contributed by atoms with Crippen LogP contribution >= 0.6 is 0 Å². The summed E-state index contributed by atoms with van der Waals surface area (Å²) < 4.78 is 5.12. The van der Waals surface area contributed by atoms with Crippen molar-refractivity contribution < 1.29 is 4.74 Å². The number of ether oxygens (including phenoxy) is 1. The standard InChI is InChI=1S/C11H17N3O/c1-9-8-14(7-6-12-9)10-4-3-5-11(13-10)15-2/h3-5,9,12H,6-8H2,1-2H3/t9-/m1/s1. The van der Waals surface area contributed by atoms with Gasteiger partial charge in [0.15, 0.2) is 0 Å². The van der Waals surface area contributed by atoms with E-state index in [4.69, 9.17) is 4.74 Å². The predicted octanol–water partition coefficient (Wildman–Crippen LogP) is 0.888. The van der Waals surface area contributed by atoms with Crippen LogP contribution in [0.5, 0.6) is 5.88 Å². The largest absolute Gasteiger partial charge is 0.481 e. The second-order valence-electron chi connectivity index (χ2n) is 3.84. The first-order valence-electron chi connectivity index (χ1n) is 5.29. The Morgan fingerprint density at radius 2 is 2.40 bits per heavy atom. The molecule has 1 atom stereocenters. The number of anilines is 1. The molecule has 1 saturated heterocycles. The van der Waals surface area contributed by atoms with Crippen molar-refractivity contribution in [3.05, 3.63) is 18.2 Å². The number of pyridine rings is 1. The molecule has 1 aliphatic heterocycles. The Balaban J connectivity index is 2.13. The van der Waals surface area contributed by atoms with Gasteiger partial charge in [-0.3, -0.25) is 0 Å². The van der Waals surface area contributed by atoms with E-state index in [0.717, 1.165) is 25.5 Å². The summed E-state index contributed by atoms with van der Waals surface area (Å²) in [6.45, 7) is 5.21. The van der Waals surface area contributed by atoms with Crippen molar-refractivity contribution in [2.24, 2.45) is 0 Å². The minimum absolute atomic E-state index is 0.520. The summed E-state index contributed by atoms with van der Waals surface area (Å²) >= 11 is 0. The molecule has 15 heavy (non-hydrogen) atoms. The van der Waals surface area contributed by atoms with Crippen LogP contribution in [-0.4, -0.2) is 37.8 Å². The van der Waals surface area contributed by atoms with Crippen LogP contribution in [0.4, 0.5) is 5.82 Å². The molecule has 2 heterocycles. The fourth-order valence-electron chi connectivity index (χ4n) is 1.83. The summed E-state index contributed by atoms with van der Waals surface area (Å²) in [4.78, 5) is 6.71. The molecule has 1 aliphatic rings. The van der Waals surface area contributed by atoms with E-state index >= 15 is 0 Å². The first-order valence-corrected chi connectivity index (χ1v) is 5.29.